The van der Waals surface area contributed by atoms with E-state index >= 15 is 0 Å². The molecular weight excluding hydrogens is 330 g/mol. The Balaban J connectivity index is 1.85. The summed E-state index contributed by atoms with van der Waals surface area (Å²) in [4.78, 5) is 23.8. The van der Waals surface area contributed by atoms with Crippen LogP contribution in [0.25, 0.3) is 0 Å². The summed E-state index contributed by atoms with van der Waals surface area (Å²) < 4.78 is 51.9. The number of carbonyl (C=O) groups is 2. The van der Waals surface area contributed by atoms with Gasteiger partial charge in [-0.15, -0.1) is 0 Å². The van der Waals surface area contributed by atoms with Gasteiger partial charge in [-0.25, -0.2) is 4.39 Å². The Morgan fingerprint density at radius 1 is 1.12 bits per heavy atom. The fraction of sp³-hybridized carbons (Fsp3) is 0.375. The third kappa shape index (κ3) is 2.76. The van der Waals surface area contributed by atoms with E-state index in [0.717, 1.165) is 0 Å². The Morgan fingerprint density at radius 2 is 1.75 bits per heavy atom. The van der Waals surface area contributed by atoms with Crippen molar-refractivity contribution >= 4 is 17.6 Å². The summed E-state index contributed by atoms with van der Waals surface area (Å²) in [6.45, 7) is 0. The lowest BCUT2D eigenvalue weighted by molar-refractivity contribution is -0.146. The molecule has 4 unspecified atom stereocenters. The standard InChI is InChI=1S/C16H13F4NO3/c17-10-4-3-9(16(18,19)20)6-11(10)21-14(22)12-7-1-2-8(5-7)13(12)15(23)24/h1-4,6-8,12-13H,5H2,(H,21,22)(H,23,24). The van der Waals surface area contributed by atoms with Crippen LogP contribution in [0.1, 0.15) is 12.0 Å². The van der Waals surface area contributed by atoms with Crippen LogP contribution in [-0.2, 0) is 15.8 Å². The highest BCUT2D eigenvalue weighted by Gasteiger charge is 2.51. The molecule has 1 saturated carbocycles. The van der Waals surface area contributed by atoms with Crippen molar-refractivity contribution in [3.8, 4) is 0 Å². The molecule has 0 heterocycles. The smallest absolute Gasteiger partial charge is 0.416 e. The molecule has 2 aliphatic carbocycles. The molecule has 0 aliphatic heterocycles. The van der Waals surface area contributed by atoms with Crippen molar-refractivity contribution in [3.63, 3.8) is 0 Å². The molecule has 1 aromatic rings. The van der Waals surface area contributed by atoms with Gasteiger partial charge in [0.25, 0.3) is 0 Å². The normalized spacial score (nSPS) is 28.2. The van der Waals surface area contributed by atoms with Crippen LogP contribution in [-0.4, -0.2) is 17.0 Å². The summed E-state index contributed by atoms with van der Waals surface area (Å²) in [6.07, 6.45) is -0.707. The molecule has 24 heavy (non-hydrogen) atoms. The molecule has 8 heteroatoms. The molecule has 0 saturated heterocycles. The predicted molar refractivity (Wildman–Crippen MR) is 75.4 cm³/mol. The Labute approximate surface area is 134 Å². The molecule has 2 aliphatic rings. The molecule has 2 bridgehead atoms. The minimum atomic E-state index is -4.67. The molecule has 2 N–H and O–H groups in total. The number of anilines is 1. The zero-order chi connectivity index (χ0) is 17.6. The number of alkyl halides is 3. The summed E-state index contributed by atoms with van der Waals surface area (Å²) >= 11 is 0. The number of allylic oxidation sites excluding steroid dienone is 2. The summed E-state index contributed by atoms with van der Waals surface area (Å²) in [7, 11) is 0. The highest BCUT2D eigenvalue weighted by molar-refractivity contribution is 5.96. The van der Waals surface area contributed by atoms with Gasteiger partial charge in [-0.05, 0) is 36.5 Å². The number of amides is 1. The average molecular weight is 343 g/mol. The SMILES string of the molecule is O=C(O)C1C2C=CC(C2)C1C(=O)Nc1cc(C(F)(F)F)ccc1F. The van der Waals surface area contributed by atoms with Gasteiger partial charge in [-0.3, -0.25) is 9.59 Å². The summed E-state index contributed by atoms with van der Waals surface area (Å²) in [5, 5.41) is 11.4. The lowest BCUT2D eigenvalue weighted by Gasteiger charge is -2.24. The monoisotopic (exact) mass is 343 g/mol. The van der Waals surface area contributed by atoms with Gasteiger partial charge in [0.15, 0.2) is 0 Å². The molecule has 0 radical (unpaired) electrons. The third-order valence-corrected chi connectivity index (χ3v) is 4.60. The number of fused-ring (bicyclic) bond motifs is 2. The first-order chi connectivity index (χ1) is 11.2. The quantitative estimate of drug-likeness (QED) is 0.654. The number of nitrogens with one attached hydrogen (secondary N) is 1. The number of carbonyl (C=O) groups excluding carboxylic acids is 1. The minimum absolute atomic E-state index is 0.283. The molecular formula is C16H13F4NO3. The van der Waals surface area contributed by atoms with E-state index in [4.69, 9.17) is 0 Å². The maximum atomic E-state index is 13.7. The van der Waals surface area contributed by atoms with E-state index in [9.17, 15) is 32.3 Å². The van der Waals surface area contributed by atoms with Gasteiger partial charge in [0.1, 0.15) is 5.82 Å². The Kier molecular flexibility index (Phi) is 3.85. The maximum Gasteiger partial charge on any atom is 0.416 e. The number of halogens is 4. The predicted octanol–water partition coefficient (Wildman–Crippen LogP) is 3.31. The van der Waals surface area contributed by atoms with Gasteiger partial charge < -0.3 is 10.4 Å². The Hall–Kier alpha value is -2.38. The van der Waals surface area contributed by atoms with Gasteiger partial charge in [-0.1, -0.05) is 12.2 Å². The number of aliphatic carboxylic acids is 1. The van der Waals surface area contributed by atoms with E-state index in [1.54, 1.807) is 12.2 Å². The van der Waals surface area contributed by atoms with Crippen molar-refractivity contribution in [2.75, 3.05) is 5.32 Å². The van der Waals surface area contributed by atoms with Crippen molar-refractivity contribution in [2.24, 2.45) is 23.7 Å². The van der Waals surface area contributed by atoms with Crippen LogP contribution >= 0.6 is 0 Å². The van der Waals surface area contributed by atoms with E-state index in [1.807, 2.05) is 0 Å². The van der Waals surface area contributed by atoms with E-state index in [0.29, 0.717) is 24.6 Å². The van der Waals surface area contributed by atoms with Crippen LogP contribution in [0.2, 0.25) is 0 Å². The molecule has 1 aromatic carbocycles. The number of hydrogen-bond donors (Lipinski definition) is 2. The second kappa shape index (κ2) is 5.61. The van der Waals surface area contributed by atoms with Crippen LogP contribution in [0.5, 0.6) is 0 Å². The number of carboxylic acids is 1. The van der Waals surface area contributed by atoms with Crippen molar-refractivity contribution < 1.29 is 32.3 Å². The minimum Gasteiger partial charge on any atom is -0.481 e. The second-order valence-corrected chi connectivity index (χ2v) is 6.02. The third-order valence-electron chi connectivity index (χ3n) is 4.60. The van der Waals surface area contributed by atoms with Gasteiger partial charge >= 0.3 is 12.1 Å². The molecule has 128 valence electrons. The van der Waals surface area contributed by atoms with Crippen LogP contribution in [0.15, 0.2) is 30.4 Å². The number of hydrogen-bond acceptors (Lipinski definition) is 2. The zero-order valence-electron chi connectivity index (χ0n) is 12.2. The first-order valence-corrected chi connectivity index (χ1v) is 7.27. The molecule has 3 rings (SSSR count). The fourth-order valence-electron chi connectivity index (χ4n) is 3.53. The maximum absolute atomic E-state index is 13.7. The zero-order valence-corrected chi connectivity index (χ0v) is 12.2. The van der Waals surface area contributed by atoms with Crippen LogP contribution in [0, 0.1) is 29.5 Å². The molecule has 1 fully saturated rings. The van der Waals surface area contributed by atoms with E-state index in [1.165, 1.54) is 0 Å². The van der Waals surface area contributed by atoms with Crippen LogP contribution in [0.3, 0.4) is 0 Å². The number of carboxylic acid groups (broad SMARTS) is 1. The van der Waals surface area contributed by atoms with E-state index in [2.05, 4.69) is 5.32 Å². The van der Waals surface area contributed by atoms with Gasteiger partial charge in [0.05, 0.1) is 23.1 Å². The Bertz CT molecular complexity index is 729. The molecule has 4 nitrogen and oxygen atoms in total. The summed E-state index contributed by atoms with van der Waals surface area (Å²) in [5.74, 6) is -5.39. The lowest BCUT2D eigenvalue weighted by Crippen LogP contribution is -2.36. The van der Waals surface area contributed by atoms with Crippen molar-refractivity contribution in [1.29, 1.82) is 0 Å². The van der Waals surface area contributed by atoms with Crippen molar-refractivity contribution in [2.45, 2.75) is 12.6 Å². The van der Waals surface area contributed by atoms with Gasteiger partial charge in [0.2, 0.25) is 5.91 Å². The first-order valence-electron chi connectivity index (χ1n) is 7.27. The van der Waals surface area contributed by atoms with E-state index < -0.39 is 47.0 Å². The van der Waals surface area contributed by atoms with Crippen LogP contribution < -0.4 is 5.32 Å². The van der Waals surface area contributed by atoms with E-state index in [-0.39, 0.29) is 11.8 Å². The largest absolute Gasteiger partial charge is 0.481 e. The average Bonchev–Trinajstić information content (AvgIpc) is 3.08. The molecule has 4 atom stereocenters. The van der Waals surface area contributed by atoms with Crippen LogP contribution in [0.4, 0.5) is 23.2 Å². The molecule has 0 aromatic heterocycles. The summed E-state index contributed by atoms with van der Waals surface area (Å²) in [5.41, 5.74) is -1.70. The molecule has 1 amide bonds. The highest BCUT2D eigenvalue weighted by atomic mass is 19.4. The van der Waals surface area contributed by atoms with Crippen molar-refractivity contribution in [3.05, 3.63) is 41.7 Å². The van der Waals surface area contributed by atoms with Gasteiger partial charge in [0, 0.05) is 0 Å². The molecule has 0 spiro atoms. The van der Waals surface area contributed by atoms with Gasteiger partial charge in [-0.2, -0.15) is 13.2 Å². The first kappa shape index (κ1) is 16.5. The van der Waals surface area contributed by atoms with Crippen molar-refractivity contribution in [1.82, 2.24) is 0 Å². The topological polar surface area (TPSA) is 66.4 Å². The fourth-order valence-corrected chi connectivity index (χ4v) is 3.53. The summed E-state index contributed by atoms with van der Waals surface area (Å²) in [6, 6.07) is 1.70. The number of rotatable bonds is 3. The highest BCUT2D eigenvalue weighted by Crippen LogP contribution is 2.48. The lowest BCUT2D eigenvalue weighted by atomic mass is 9.82. The second-order valence-electron chi connectivity index (χ2n) is 6.02. The Morgan fingerprint density at radius 3 is 2.33 bits per heavy atom. The number of benzene rings is 1.